The molecule has 1 aromatic heterocycles. The lowest BCUT2D eigenvalue weighted by molar-refractivity contribution is -0.117. The fraction of sp³-hybridized carbons (Fsp3) is 0.353. The molecule has 2 aromatic rings. The third-order valence-electron chi connectivity index (χ3n) is 4.26. The van der Waals surface area contributed by atoms with Crippen LogP contribution in [0.25, 0.3) is 0 Å². The number of halogens is 3. The van der Waals surface area contributed by atoms with Crippen LogP contribution in [0.1, 0.15) is 37.2 Å². The van der Waals surface area contributed by atoms with Crippen LogP contribution in [0.5, 0.6) is 0 Å². The summed E-state index contributed by atoms with van der Waals surface area (Å²) in [5, 5.41) is 2.65. The zero-order chi connectivity index (χ0) is 18.4. The zero-order valence-electron chi connectivity index (χ0n) is 13.8. The van der Waals surface area contributed by atoms with Crippen LogP contribution in [0.3, 0.4) is 0 Å². The molecular formula is C17H17F3N4O. The van der Waals surface area contributed by atoms with Gasteiger partial charge in [-0.05, 0) is 18.6 Å². The Bertz CT molecular complexity index is 867. The normalized spacial score (nSPS) is 15.6. The molecule has 1 aliphatic rings. The van der Waals surface area contributed by atoms with Crippen LogP contribution in [0.2, 0.25) is 0 Å². The van der Waals surface area contributed by atoms with Crippen molar-refractivity contribution in [1.82, 2.24) is 9.97 Å². The third-order valence-corrected chi connectivity index (χ3v) is 4.26. The smallest absolute Gasteiger partial charge is 0.226 e. The number of hydrogen-bond donors (Lipinski definition) is 2. The van der Waals surface area contributed by atoms with Gasteiger partial charge < -0.3 is 11.1 Å². The van der Waals surface area contributed by atoms with Gasteiger partial charge in [0.15, 0.2) is 11.6 Å². The Balaban J connectivity index is 1.91. The maximum Gasteiger partial charge on any atom is 0.226 e. The van der Waals surface area contributed by atoms with Gasteiger partial charge in [0.2, 0.25) is 5.91 Å². The highest BCUT2D eigenvalue weighted by Crippen LogP contribution is 2.39. The van der Waals surface area contributed by atoms with Crippen molar-refractivity contribution in [2.45, 2.75) is 38.5 Å². The van der Waals surface area contributed by atoms with E-state index in [1.54, 1.807) is 0 Å². The lowest BCUT2D eigenvalue weighted by atomic mass is 9.79. The molecule has 0 saturated carbocycles. The summed E-state index contributed by atoms with van der Waals surface area (Å²) >= 11 is 0. The highest BCUT2D eigenvalue weighted by molar-refractivity contribution is 5.95. The Hall–Kier alpha value is -2.64. The highest BCUT2D eigenvalue weighted by atomic mass is 19.2. The van der Waals surface area contributed by atoms with Gasteiger partial charge >= 0.3 is 0 Å². The largest absolute Gasteiger partial charge is 0.383 e. The van der Waals surface area contributed by atoms with E-state index in [0.29, 0.717) is 11.4 Å². The van der Waals surface area contributed by atoms with E-state index in [-0.39, 0.29) is 42.4 Å². The van der Waals surface area contributed by atoms with Gasteiger partial charge in [0.05, 0.1) is 0 Å². The predicted molar refractivity (Wildman–Crippen MR) is 86.4 cm³/mol. The van der Waals surface area contributed by atoms with Gasteiger partial charge in [0, 0.05) is 29.4 Å². The second-order valence-corrected chi connectivity index (χ2v) is 6.68. The topological polar surface area (TPSA) is 80.9 Å². The van der Waals surface area contributed by atoms with Crippen molar-refractivity contribution in [3.8, 4) is 0 Å². The number of amides is 1. The monoisotopic (exact) mass is 350 g/mol. The van der Waals surface area contributed by atoms with Crippen LogP contribution in [-0.2, 0) is 23.1 Å². The molecule has 3 rings (SSSR count). The summed E-state index contributed by atoms with van der Waals surface area (Å²) in [6.07, 6.45) is 0.169. The summed E-state index contributed by atoms with van der Waals surface area (Å²) in [5.41, 5.74) is 5.76. The van der Waals surface area contributed by atoms with Crippen molar-refractivity contribution in [3.05, 3.63) is 46.5 Å². The van der Waals surface area contributed by atoms with E-state index in [0.717, 1.165) is 12.1 Å². The third kappa shape index (κ3) is 3.16. The van der Waals surface area contributed by atoms with Crippen LogP contribution in [0.15, 0.2) is 12.1 Å². The van der Waals surface area contributed by atoms with Gasteiger partial charge in [-0.25, -0.2) is 23.1 Å². The van der Waals surface area contributed by atoms with Crippen LogP contribution in [-0.4, -0.2) is 15.9 Å². The number of hydrogen-bond acceptors (Lipinski definition) is 4. The molecule has 25 heavy (non-hydrogen) atoms. The molecule has 132 valence electrons. The first-order chi connectivity index (χ1) is 11.7. The SMILES string of the molecule is CC1(C)CC(=O)Nc2nc(CCc3c(F)ccc(F)c3F)nc(N)c21. The fourth-order valence-electron chi connectivity index (χ4n) is 3.10. The Morgan fingerprint density at radius 1 is 1.16 bits per heavy atom. The standard InChI is InChI=1S/C17H17F3N4O/c1-17(2)7-12(25)24-16-13(17)15(21)22-11(23-16)6-3-8-9(18)4-5-10(19)14(8)20/h4-5H,3,6-7H2,1-2H3,(H3,21,22,23,24,25). The van der Waals surface area contributed by atoms with Crippen LogP contribution < -0.4 is 11.1 Å². The predicted octanol–water partition coefficient (Wildman–Crippen LogP) is 2.88. The molecule has 0 saturated heterocycles. The molecule has 1 aromatic carbocycles. The zero-order valence-corrected chi connectivity index (χ0v) is 13.8. The molecule has 0 atom stereocenters. The van der Waals surface area contributed by atoms with Crippen LogP contribution in [0.4, 0.5) is 24.8 Å². The quantitative estimate of drug-likeness (QED) is 0.834. The van der Waals surface area contributed by atoms with Crippen LogP contribution >= 0.6 is 0 Å². The molecule has 8 heteroatoms. The van der Waals surface area contributed by atoms with Crippen molar-refractivity contribution in [1.29, 1.82) is 0 Å². The summed E-state index contributed by atoms with van der Waals surface area (Å²) in [6, 6.07) is 1.61. The lowest BCUT2D eigenvalue weighted by Gasteiger charge is -2.32. The molecule has 5 nitrogen and oxygen atoms in total. The first-order valence-electron chi connectivity index (χ1n) is 7.78. The van der Waals surface area contributed by atoms with Crippen molar-refractivity contribution in [2.24, 2.45) is 0 Å². The average Bonchev–Trinajstić information content (AvgIpc) is 2.49. The number of nitrogen functional groups attached to an aromatic ring is 1. The fourth-order valence-corrected chi connectivity index (χ4v) is 3.10. The van der Waals surface area contributed by atoms with E-state index in [1.165, 1.54) is 0 Å². The number of carbonyl (C=O) groups is 1. The Morgan fingerprint density at radius 2 is 1.84 bits per heavy atom. The minimum absolute atomic E-state index is 0.0467. The van der Waals surface area contributed by atoms with E-state index >= 15 is 0 Å². The molecule has 2 heterocycles. The molecule has 1 amide bonds. The molecule has 0 spiro atoms. The Labute approximate surface area is 142 Å². The lowest BCUT2D eigenvalue weighted by Crippen LogP contribution is -2.34. The Kier molecular flexibility index (Phi) is 4.14. The number of anilines is 2. The number of aryl methyl sites for hydroxylation is 1. The van der Waals surface area contributed by atoms with Crippen molar-refractivity contribution in [2.75, 3.05) is 11.1 Å². The van der Waals surface area contributed by atoms with E-state index in [9.17, 15) is 18.0 Å². The average molecular weight is 350 g/mol. The second kappa shape index (κ2) is 6.02. The number of rotatable bonds is 3. The van der Waals surface area contributed by atoms with E-state index < -0.39 is 22.9 Å². The highest BCUT2D eigenvalue weighted by Gasteiger charge is 2.35. The number of nitrogens with two attached hydrogens (primary N) is 1. The minimum atomic E-state index is -1.22. The molecule has 3 N–H and O–H groups in total. The van der Waals surface area contributed by atoms with Gasteiger partial charge in [-0.2, -0.15) is 0 Å². The molecule has 1 aliphatic heterocycles. The van der Waals surface area contributed by atoms with E-state index in [1.807, 2.05) is 13.8 Å². The van der Waals surface area contributed by atoms with Gasteiger partial charge in [0.25, 0.3) is 0 Å². The number of benzene rings is 1. The summed E-state index contributed by atoms with van der Waals surface area (Å²) in [5.74, 6) is -2.62. The molecule has 0 fully saturated rings. The molecule has 0 unspecified atom stereocenters. The van der Waals surface area contributed by atoms with Gasteiger partial charge in [-0.15, -0.1) is 0 Å². The number of nitrogens with one attached hydrogen (secondary N) is 1. The van der Waals surface area contributed by atoms with Crippen LogP contribution in [0, 0.1) is 17.5 Å². The molecule has 0 aliphatic carbocycles. The first-order valence-corrected chi connectivity index (χ1v) is 7.78. The van der Waals surface area contributed by atoms with E-state index in [2.05, 4.69) is 15.3 Å². The second-order valence-electron chi connectivity index (χ2n) is 6.68. The number of fused-ring (bicyclic) bond motifs is 1. The summed E-state index contributed by atoms with van der Waals surface area (Å²) in [7, 11) is 0. The van der Waals surface area contributed by atoms with Gasteiger partial charge in [0.1, 0.15) is 23.3 Å². The number of aromatic nitrogens is 2. The number of nitrogens with zero attached hydrogens (tertiary/aromatic N) is 2. The van der Waals surface area contributed by atoms with Gasteiger partial charge in [-0.1, -0.05) is 13.8 Å². The summed E-state index contributed by atoms with van der Waals surface area (Å²) in [6.45, 7) is 3.73. The molecule has 0 radical (unpaired) electrons. The summed E-state index contributed by atoms with van der Waals surface area (Å²) < 4.78 is 40.7. The van der Waals surface area contributed by atoms with Crippen molar-refractivity contribution >= 4 is 17.5 Å². The minimum Gasteiger partial charge on any atom is -0.383 e. The maximum absolute atomic E-state index is 13.7. The number of carbonyl (C=O) groups excluding carboxylic acids is 1. The maximum atomic E-state index is 13.7. The molecule has 0 bridgehead atoms. The van der Waals surface area contributed by atoms with Crippen molar-refractivity contribution in [3.63, 3.8) is 0 Å². The first kappa shape index (κ1) is 17.2. The Morgan fingerprint density at radius 3 is 2.56 bits per heavy atom. The van der Waals surface area contributed by atoms with Crippen molar-refractivity contribution < 1.29 is 18.0 Å². The molecular weight excluding hydrogens is 333 g/mol. The summed E-state index contributed by atoms with van der Waals surface area (Å²) in [4.78, 5) is 20.3. The van der Waals surface area contributed by atoms with Gasteiger partial charge in [-0.3, -0.25) is 4.79 Å². The van der Waals surface area contributed by atoms with E-state index in [4.69, 9.17) is 5.73 Å².